The summed E-state index contributed by atoms with van der Waals surface area (Å²) in [7, 11) is 0. The van der Waals surface area contributed by atoms with Crippen molar-refractivity contribution in [2.24, 2.45) is 21.7 Å². The van der Waals surface area contributed by atoms with Crippen LogP contribution in [-0.2, 0) is 53.2 Å². The number of ether oxygens (including phenoxy) is 6. The van der Waals surface area contributed by atoms with E-state index in [1.54, 1.807) is 83.1 Å². The van der Waals surface area contributed by atoms with Crippen LogP contribution < -0.4 is 0 Å². The number of benzene rings is 3. The summed E-state index contributed by atoms with van der Waals surface area (Å²) in [4.78, 5) is 54.7. The minimum absolute atomic E-state index is 0.270. The van der Waals surface area contributed by atoms with Crippen molar-refractivity contribution in [2.45, 2.75) is 119 Å². The average molecular weight is 759 g/mol. The van der Waals surface area contributed by atoms with E-state index in [0.29, 0.717) is 0 Å². The molecular formula is C45H58O10. The van der Waals surface area contributed by atoms with Gasteiger partial charge in [0.25, 0.3) is 0 Å². The molecule has 0 radical (unpaired) electrons. The van der Waals surface area contributed by atoms with Crippen molar-refractivity contribution < 1.29 is 47.6 Å². The van der Waals surface area contributed by atoms with E-state index in [9.17, 15) is 19.2 Å². The lowest BCUT2D eigenvalue weighted by Crippen LogP contribution is -2.64. The van der Waals surface area contributed by atoms with E-state index in [4.69, 9.17) is 28.4 Å². The lowest BCUT2D eigenvalue weighted by Gasteiger charge is -2.46. The molecule has 298 valence electrons. The molecule has 0 N–H and O–H groups in total. The van der Waals surface area contributed by atoms with Crippen molar-refractivity contribution in [3.05, 3.63) is 108 Å². The van der Waals surface area contributed by atoms with E-state index in [1.807, 2.05) is 91.0 Å². The molecule has 1 aliphatic rings. The van der Waals surface area contributed by atoms with Gasteiger partial charge in [0, 0.05) is 0 Å². The van der Waals surface area contributed by atoms with Gasteiger partial charge in [0.15, 0.2) is 12.2 Å². The average Bonchev–Trinajstić information content (AvgIpc) is 3.10. The first-order chi connectivity index (χ1) is 25.5. The minimum atomic E-state index is -1.59. The molecule has 1 aliphatic heterocycles. The SMILES string of the molecule is CC(C)(C)C(=O)OC1O[C@H](COC(c2ccccc2)(c2ccccc2)c2ccccc2)[C@@H](OC(=O)C(C)(C)C)[C@H](OC(=O)C(C)(C)C)[C@H]1OC(=O)C(C)(C)C. The van der Waals surface area contributed by atoms with Crippen molar-refractivity contribution in [1.29, 1.82) is 0 Å². The molecule has 5 atom stereocenters. The molecule has 1 unspecified atom stereocenters. The molecule has 0 amide bonds. The number of hydrogen-bond donors (Lipinski definition) is 0. The maximum absolute atomic E-state index is 13.8. The van der Waals surface area contributed by atoms with Crippen molar-refractivity contribution in [3.63, 3.8) is 0 Å². The van der Waals surface area contributed by atoms with E-state index >= 15 is 0 Å². The Kier molecular flexibility index (Phi) is 13.1. The second-order valence-electron chi connectivity index (χ2n) is 18.1. The molecule has 0 aromatic heterocycles. The molecule has 3 aromatic carbocycles. The Morgan fingerprint density at radius 1 is 0.455 bits per heavy atom. The Labute approximate surface area is 326 Å². The predicted molar refractivity (Wildman–Crippen MR) is 207 cm³/mol. The predicted octanol–water partition coefficient (Wildman–Crippen LogP) is 8.18. The van der Waals surface area contributed by atoms with Gasteiger partial charge in [0.05, 0.1) is 28.3 Å². The summed E-state index contributed by atoms with van der Waals surface area (Å²) in [5.41, 5.74) is -2.86. The first-order valence-electron chi connectivity index (χ1n) is 18.8. The quantitative estimate of drug-likeness (QED) is 0.114. The second-order valence-corrected chi connectivity index (χ2v) is 18.1. The van der Waals surface area contributed by atoms with Gasteiger partial charge in [0.2, 0.25) is 12.4 Å². The lowest BCUT2D eigenvalue weighted by atomic mass is 9.80. The van der Waals surface area contributed by atoms with Gasteiger partial charge < -0.3 is 28.4 Å². The largest absolute Gasteiger partial charge is 0.455 e. The zero-order chi connectivity index (χ0) is 41.0. The molecule has 3 aromatic rings. The summed E-state index contributed by atoms with van der Waals surface area (Å²) in [5.74, 6) is -2.64. The summed E-state index contributed by atoms with van der Waals surface area (Å²) in [6, 6.07) is 29.0. The third-order valence-electron chi connectivity index (χ3n) is 9.00. The fourth-order valence-corrected chi connectivity index (χ4v) is 5.67. The zero-order valence-corrected chi connectivity index (χ0v) is 34.3. The van der Waals surface area contributed by atoms with Gasteiger partial charge in [-0.2, -0.15) is 0 Å². The van der Waals surface area contributed by atoms with Gasteiger partial charge in [0.1, 0.15) is 11.7 Å². The van der Waals surface area contributed by atoms with Crippen molar-refractivity contribution in [2.75, 3.05) is 6.61 Å². The van der Waals surface area contributed by atoms with Crippen LogP contribution in [0.15, 0.2) is 91.0 Å². The monoisotopic (exact) mass is 758 g/mol. The summed E-state index contributed by atoms with van der Waals surface area (Å²) in [6.45, 7) is 19.8. The smallest absolute Gasteiger partial charge is 0.313 e. The molecule has 1 fully saturated rings. The molecule has 0 bridgehead atoms. The highest BCUT2D eigenvalue weighted by Crippen LogP contribution is 2.42. The lowest BCUT2D eigenvalue weighted by molar-refractivity contribution is -0.309. The maximum Gasteiger partial charge on any atom is 0.313 e. The number of carbonyl (C=O) groups excluding carboxylic acids is 4. The van der Waals surface area contributed by atoms with Crippen LogP contribution in [0.3, 0.4) is 0 Å². The van der Waals surface area contributed by atoms with Gasteiger partial charge in [-0.3, -0.25) is 19.2 Å². The minimum Gasteiger partial charge on any atom is -0.455 e. The highest BCUT2D eigenvalue weighted by molar-refractivity contribution is 5.78. The van der Waals surface area contributed by atoms with E-state index < -0.39 is 81.8 Å². The Bertz CT molecular complexity index is 1660. The van der Waals surface area contributed by atoms with Crippen LogP contribution in [0.1, 0.15) is 99.8 Å². The van der Waals surface area contributed by atoms with E-state index in [0.717, 1.165) is 16.7 Å². The molecule has 1 heterocycles. The summed E-state index contributed by atoms with van der Waals surface area (Å²) >= 11 is 0. The summed E-state index contributed by atoms with van der Waals surface area (Å²) in [6.07, 6.45) is -7.21. The molecule has 0 saturated carbocycles. The van der Waals surface area contributed by atoms with Crippen molar-refractivity contribution >= 4 is 23.9 Å². The maximum atomic E-state index is 13.8. The molecule has 1 saturated heterocycles. The Balaban J connectivity index is 1.96. The first-order valence-corrected chi connectivity index (χ1v) is 18.8. The molecule has 4 rings (SSSR count). The van der Waals surface area contributed by atoms with Crippen LogP contribution in [0.25, 0.3) is 0 Å². The van der Waals surface area contributed by atoms with Crippen LogP contribution in [-0.4, -0.2) is 61.2 Å². The molecule has 10 heteroatoms. The third kappa shape index (κ3) is 10.4. The molecule has 0 aliphatic carbocycles. The normalized spacial score (nSPS) is 20.9. The van der Waals surface area contributed by atoms with Gasteiger partial charge in [-0.05, 0) is 99.8 Å². The van der Waals surface area contributed by atoms with E-state index in [1.165, 1.54) is 0 Å². The van der Waals surface area contributed by atoms with Gasteiger partial charge in [-0.25, -0.2) is 0 Å². The van der Waals surface area contributed by atoms with Crippen LogP contribution in [0.5, 0.6) is 0 Å². The fraction of sp³-hybridized carbons (Fsp3) is 0.511. The highest BCUT2D eigenvalue weighted by atomic mass is 16.7. The van der Waals surface area contributed by atoms with Crippen LogP contribution in [0.4, 0.5) is 0 Å². The number of rotatable bonds is 10. The topological polar surface area (TPSA) is 124 Å². The Morgan fingerprint density at radius 3 is 1.11 bits per heavy atom. The molecule has 55 heavy (non-hydrogen) atoms. The number of hydrogen-bond acceptors (Lipinski definition) is 10. The fourth-order valence-electron chi connectivity index (χ4n) is 5.67. The van der Waals surface area contributed by atoms with Crippen molar-refractivity contribution in [3.8, 4) is 0 Å². The number of carbonyl (C=O) groups is 4. The molecular weight excluding hydrogens is 700 g/mol. The van der Waals surface area contributed by atoms with Crippen molar-refractivity contribution in [1.82, 2.24) is 0 Å². The third-order valence-corrected chi connectivity index (χ3v) is 9.00. The Hall–Kier alpha value is -4.54. The summed E-state index contributed by atoms with van der Waals surface area (Å²) < 4.78 is 38.2. The van der Waals surface area contributed by atoms with E-state index in [2.05, 4.69) is 0 Å². The molecule has 0 spiro atoms. The van der Waals surface area contributed by atoms with E-state index in [-0.39, 0.29) is 6.61 Å². The van der Waals surface area contributed by atoms with Crippen LogP contribution in [0.2, 0.25) is 0 Å². The Morgan fingerprint density at radius 2 is 0.764 bits per heavy atom. The standard InChI is InChI=1S/C45H58O10/c1-41(2,3)37(46)52-33-32(28-50-45(29-22-16-13-17-23-29,30-24-18-14-19-25-30)31-26-20-15-21-27-31)51-36(55-40(49)44(10,11)12)35(54-39(48)43(7,8)9)34(33)53-38(47)42(4,5)6/h13-27,32-36H,28H2,1-12H3/t32-,33-,34+,35-,36?/m1/s1. The zero-order valence-electron chi connectivity index (χ0n) is 34.3. The number of esters is 4. The van der Waals surface area contributed by atoms with Gasteiger partial charge in [-0.1, -0.05) is 91.0 Å². The first kappa shape index (κ1) is 43.2. The summed E-state index contributed by atoms with van der Waals surface area (Å²) in [5, 5.41) is 0. The highest BCUT2D eigenvalue weighted by Gasteiger charge is 2.56. The second kappa shape index (κ2) is 16.7. The van der Waals surface area contributed by atoms with Crippen LogP contribution in [0, 0.1) is 21.7 Å². The van der Waals surface area contributed by atoms with Gasteiger partial charge >= 0.3 is 23.9 Å². The molecule has 10 nitrogen and oxygen atoms in total. The van der Waals surface area contributed by atoms with Crippen LogP contribution >= 0.6 is 0 Å². The van der Waals surface area contributed by atoms with Gasteiger partial charge in [-0.15, -0.1) is 0 Å².